The number of halogens is 1. The number of ether oxygens (including phenoxy) is 1. The first-order valence-electron chi connectivity index (χ1n) is 6.50. The quantitative estimate of drug-likeness (QED) is 0.872. The highest BCUT2D eigenvalue weighted by Gasteiger charge is 2.21. The van der Waals surface area contributed by atoms with Crippen molar-refractivity contribution < 1.29 is 9.13 Å². The van der Waals surface area contributed by atoms with Crippen LogP contribution in [-0.2, 0) is 0 Å². The van der Waals surface area contributed by atoms with E-state index in [1.165, 1.54) is 6.07 Å². The second-order valence-electron chi connectivity index (χ2n) is 4.54. The third-order valence-electron chi connectivity index (χ3n) is 3.26. The SMILES string of the molecule is N#CCC(COc1ccccc1F)N1CCNCC1. The lowest BCUT2D eigenvalue weighted by Gasteiger charge is -2.33. The molecule has 1 aromatic carbocycles. The van der Waals surface area contributed by atoms with E-state index in [0.29, 0.717) is 13.0 Å². The molecular weight excluding hydrogens is 245 g/mol. The Kier molecular flexibility index (Phi) is 5.13. The van der Waals surface area contributed by atoms with E-state index in [2.05, 4.69) is 16.3 Å². The smallest absolute Gasteiger partial charge is 0.165 e. The third-order valence-corrected chi connectivity index (χ3v) is 3.26. The van der Waals surface area contributed by atoms with Crippen LogP contribution in [0.25, 0.3) is 0 Å². The molecule has 0 radical (unpaired) electrons. The minimum Gasteiger partial charge on any atom is -0.489 e. The van der Waals surface area contributed by atoms with Gasteiger partial charge in [0.1, 0.15) is 6.61 Å². The average molecular weight is 263 g/mol. The molecule has 5 heteroatoms. The van der Waals surface area contributed by atoms with E-state index in [0.717, 1.165) is 26.2 Å². The number of benzene rings is 1. The summed E-state index contributed by atoms with van der Waals surface area (Å²) in [4.78, 5) is 2.22. The van der Waals surface area contributed by atoms with Crippen LogP contribution in [-0.4, -0.2) is 43.7 Å². The van der Waals surface area contributed by atoms with Crippen molar-refractivity contribution in [1.82, 2.24) is 10.2 Å². The van der Waals surface area contributed by atoms with Gasteiger partial charge in [0, 0.05) is 26.2 Å². The normalized spacial score (nSPS) is 17.7. The molecule has 1 aliphatic heterocycles. The van der Waals surface area contributed by atoms with E-state index in [1.807, 2.05) is 0 Å². The van der Waals surface area contributed by atoms with Gasteiger partial charge in [0.15, 0.2) is 11.6 Å². The Morgan fingerprint density at radius 1 is 1.37 bits per heavy atom. The van der Waals surface area contributed by atoms with Crippen LogP contribution >= 0.6 is 0 Å². The van der Waals surface area contributed by atoms with E-state index < -0.39 is 0 Å². The van der Waals surface area contributed by atoms with Gasteiger partial charge in [-0.3, -0.25) is 4.90 Å². The van der Waals surface area contributed by atoms with Gasteiger partial charge in [0.2, 0.25) is 0 Å². The first kappa shape index (κ1) is 13.8. The second kappa shape index (κ2) is 7.07. The lowest BCUT2D eigenvalue weighted by Crippen LogP contribution is -2.50. The summed E-state index contributed by atoms with van der Waals surface area (Å²) in [6.45, 7) is 3.97. The number of rotatable bonds is 5. The Hall–Kier alpha value is -1.64. The Bertz CT molecular complexity index is 441. The fourth-order valence-electron chi connectivity index (χ4n) is 2.19. The molecule has 1 heterocycles. The molecule has 1 fully saturated rings. The Balaban J connectivity index is 1.93. The van der Waals surface area contributed by atoms with E-state index in [-0.39, 0.29) is 17.6 Å². The summed E-state index contributed by atoms with van der Waals surface area (Å²) in [6.07, 6.45) is 0.397. The molecular formula is C14H18FN3O. The zero-order chi connectivity index (χ0) is 13.5. The van der Waals surface area contributed by atoms with Crippen molar-refractivity contribution in [3.8, 4) is 11.8 Å². The molecule has 0 aliphatic carbocycles. The van der Waals surface area contributed by atoms with Crippen LogP contribution in [0, 0.1) is 17.1 Å². The minimum atomic E-state index is -0.362. The zero-order valence-electron chi connectivity index (χ0n) is 10.8. The molecule has 1 atom stereocenters. The molecule has 1 saturated heterocycles. The van der Waals surface area contributed by atoms with Crippen LogP contribution in [0.2, 0.25) is 0 Å². The highest BCUT2D eigenvalue weighted by atomic mass is 19.1. The molecule has 1 aromatic rings. The number of hydrogen-bond acceptors (Lipinski definition) is 4. The number of nitrogens with one attached hydrogen (secondary N) is 1. The van der Waals surface area contributed by atoms with Gasteiger partial charge in [0.25, 0.3) is 0 Å². The second-order valence-corrected chi connectivity index (χ2v) is 4.54. The maximum atomic E-state index is 13.5. The number of nitrogens with zero attached hydrogens (tertiary/aromatic N) is 2. The first-order valence-corrected chi connectivity index (χ1v) is 6.50. The predicted octanol–water partition coefficient (Wildman–Crippen LogP) is 1.39. The molecule has 0 amide bonds. The molecule has 0 spiro atoms. The van der Waals surface area contributed by atoms with Crippen molar-refractivity contribution in [2.24, 2.45) is 0 Å². The van der Waals surface area contributed by atoms with Gasteiger partial charge >= 0.3 is 0 Å². The lowest BCUT2D eigenvalue weighted by atomic mass is 10.1. The summed E-state index contributed by atoms with van der Waals surface area (Å²) < 4.78 is 19.0. The van der Waals surface area contributed by atoms with Crippen molar-refractivity contribution in [2.45, 2.75) is 12.5 Å². The first-order chi connectivity index (χ1) is 9.31. The molecule has 1 N–H and O–H groups in total. The monoisotopic (exact) mass is 263 g/mol. The van der Waals surface area contributed by atoms with Crippen LogP contribution in [0.3, 0.4) is 0 Å². The molecule has 4 nitrogen and oxygen atoms in total. The zero-order valence-corrected chi connectivity index (χ0v) is 10.8. The topological polar surface area (TPSA) is 48.3 Å². The van der Waals surface area contributed by atoms with Gasteiger partial charge in [-0.05, 0) is 12.1 Å². The number of nitriles is 1. The number of hydrogen-bond donors (Lipinski definition) is 1. The Morgan fingerprint density at radius 3 is 2.79 bits per heavy atom. The van der Waals surface area contributed by atoms with Crippen molar-refractivity contribution in [3.05, 3.63) is 30.1 Å². The van der Waals surface area contributed by atoms with Gasteiger partial charge in [-0.2, -0.15) is 5.26 Å². The summed E-state index contributed by atoms with van der Waals surface area (Å²) in [6, 6.07) is 8.55. The summed E-state index contributed by atoms with van der Waals surface area (Å²) in [5.41, 5.74) is 0. The van der Waals surface area contributed by atoms with Crippen LogP contribution in [0.4, 0.5) is 4.39 Å². The molecule has 102 valence electrons. The lowest BCUT2D eigenvalue weighted by molar-refractivity contribution is 0.121. The summed E-state index contributed by atoms with van der Waals surface area (Å²) in [5.74, 6) is -0.112. The fraction of sp³-hybridized carbons (Fsp3) is 0.500. The predicted molar refractivity (Wildman–Crippen MR) is 70.4 cm³/mol. The minimum absolute atomic E-state index is 0.0201. The van der Waals surface area contributed by atoms with E-state index in [4.69, 9.17) is 10.00 Å². The van der Waals surface area contributed by atoms with Crippen molar-refractivity contribution in [2.75, 3.05) is 32.8 Å². The Labute approximate surface area is 112 Å². The summed E-state index contributed by atoms with van der Waals surface area (Å²) >= 11 is 0. The molecule has 0 aromatic heterocycles. The van der Waals surface area contributed by atoms with Crippen molar-refractivity contribution in [1.29, 1.82) is 5.26 Å². The van der Waals surface area contributed by atoms with E-state index >= 15 is 0 Å². The standard InChI is InChI=1S/C14H18FN3O/c15-13-3-1-2-4-14(13)19-11-12(5-6-16)18-9-7-17-8-10-18/h1-4,12,17H,5,7-11H2. The van der Waals surface area contributed by atoms with Gasteiger partial charge in [-0.25, -0.2) is 4.39 Å². The van der Waals surface area contributed by atoms with Crippen molar-refractivity contribution in [3.63, 3.8) is 0 Å². The largest absolute Gasteiger partial charge is 0.489 e. The molecule has 19 heavy (non-hydrogen) atoms. The highest BCUT2D eigenvalue weighted by Crippen LogP contribution is 2.17. The van der Waals surface area contributed by atoms with Gasteiger partial charge in [-0.1, -0.05) is 12.1 Å². The number of piperazine rings is 1. The maximum absolute atomic E-state index is 13.5. The van der Waals surface area contributed by atoms with Crippen LogP contribution in [0.15, 0.2) is 24.3 Å². The number of para-hydroxylation sites is 1. The van der Waals surface area contributed by atoms with Gasteiger partial charge < -0.3 is 10.1 Å². The van der Waals surface area contributed by atoms with Crippen molar-refractivity contribution >= 4 is 0 Å². The van der Waals surface area contributed by atoms with Crippen LogP contribution < -0.4 is 10.1 Å². The third kappa shape index (κ3) is 3.91. The molecule has 0 saturated carbocycles. The van der Waals surface area contributed by atoms with Crippen LogP contribution in [0.1, 0.15) is 6.42 Å². The molecule has 1 aliphatic rings. The molecule has 0 bridgehead atoms. The van der Waals surface area contributed by atoms with Gasteiger partial charge in [0.05, 0.1) is 18.5 Å². The van der Waals surface area contributed by atoms with E-state index in [1.54, 1.807) is 18.2 Å². The van der Waals surface area contributed by atoms with E-state index in [9.17, 15) is 4.39 Å². The summed E-state index contributed by atoms with van der Waals surface area (Å²) in [7, 11) is 0. The van der Waals surface area contributed by atoms with Gasteiger partial charge in [-0.15, -0.1) is 0 Å². The average Bonchev–Trinajstić information content (AvgIpc) is 2.46. The maximum Gasteiger partial charge on any atom is 0.165 e. The molecule has 1 unspecified atom stereocenters. The Morgan fingerprint density at radius 2 is 2.11 bits per heavy atom. The fourth-order valence-corrected chi connectivity index (χ4v) is 2.19. The molecule has 2 rings (SSSR count). The highest BCUT2D eigenvalue weighted by molar-refractivity contribution is 5.23. The van der Waals surface area contributed by atoms with Crippen LogP contribution in [0.5, 0.6) is 5.75 Å². The summed E-state index contributed by atoms with van der Waals surface area (Å²) in [5, 5.41) is 12.2.